The maximum atomic E-state index is 4.58. The Kier molecular flexibility index (Phi) is 2.76. The molecule has 2 rings (SSSR count). The minimum atomic E-state index is 1.03. The molecule has 1 aromatic heterocycles. The van der Waals surface area contributed by atoms with Gasteiger partial charge in [-0.2, -0.15) is 0 Å². The van der Waals surface area contributed by atoms with E-state index in [1.54, 1.807) is 0 Å². The summed E-state index contributed by atoms with van der Waals surface area (Å²) in [5.74, 6) is 1.10. The minimum absolute atomic E-state index is 1.03. The topological polar surface area (TPSA) is 28.7 Å². The predicted octanol–water partition coefficient (Wildman–Crippen LogP) is 3.43. The fourth-order valence-corrected chi connectivity index (χ4v) is 2.43. The number of hydrogen-bond acceptors (Lipinski definition) is 1. The monoisotopic (exact) mass is 300 g/mol. The highest BCUT2D eigenvalue weighted by Gasteiger charge is 2.05. The van der Waals surface area contributed by atoms with E-state index >= 15 is 0 Å². The van der Waals surface area contributed by atoms with Crippen molar-refractivity contribution >= 4 is 33.6 Å². The van der Waals surface area contributed by atoms with Crippen LogP contribution in [0.1, 0.15) is 24.7 Å². The molecule has 14 heavy (non-hydrogen) atoms. The Balaban J connectivity index is 2.58. The van der Waals surface area contributed by atoms with Crippen LogP contribution in [0, 0.1) is 10.5 Å². The molecule has 74 valence electrons. The van der Waals surface area contributed by atoms with Crippen LogP contribution in [0.3, 0.4) is 0 Å². The summed E-state index contributed by atoms with van der Waals surface area (Å²) in [7, 11) is 0. The molecule has 0 aliphatic heterocycles. The molecule has 0 unspecified atom stereocenters. The minimum Gasteiger partial charge on any atom is -0.342 e. The van der Waals surface area contributed by atoms with Crippen LogP contribution in [0.25, 0.3) is 11.0 Å². The van der Waals surface area contributed by atoms with E-state index in [1.807, 2.05) is 0 Å². The average molecular weight is 300 g/mol. The van der Waals surface area contributed by atoms with Gasteiger partial charge in [-0.15, -0.1) is 0 Å². The quantitative estimate of drug-likeness (QED) is 0.846. The van der Waals surface area contributed by atoms with Crippen LogP contribution in [0.4, 0.5) is 0 Å². The van der Waals surface area contributed by atoms with Crippen molar-refractivity contribution in [1.29, 1.82) is 0 Å². The van der Waals surface area contributed by atoms with Gasteiger partial charge in [0.25, 0.3) is 0 Å². The molecule has 0 saturated heterocycles. The lowest BCUT2D eigenvalue weighted by Crippen LogP contribution is -1.84. The van der Waals surface area contributed by atoms with E-state index in [9.17, 15) is 0 Å². The lowest BCUT2D eigenvalue weighted by Gasteiger charge is -1.94. The van der Waals surface area contributed by atoms with Crippen LogP contribution in [0.15, 0.2) is 12.1 Å². The number of imidazole rings is 1. The summed E-state index contributed by atoms with van der Waals surface area (Å²) < 4.78 is 1.26. The van der Waals surface area contributed by atoms with Gasteiger partial charge < -0.3 is 4.98 Å². The fraction of sp³-hybridized carbons (Fsp3) is 0.364. The van der Waals surface area contributed by atoms with E-state index in [0.717, 1.165) is 29.7 Å². The van der Waals surface area contributed by atoms with Gasteiger partial charge >= 0.3 is 0 Å². The van der Waals surface area contributed by atoms with Gasteiger partial charge in [0.2, 0.25) is 0 Å². The maximum absolute atomic E-state index is 4.58. The summed E-state index contributed by atoms with van der Waals surface area (Å²) >= 11 is 2.34. The maximum Gasteiger partial charge on any atom is 0.107 e. The Hall–Kier alpha value is -0.580. The van der Waals surface area contributed by atoms with Crippen LogP contribution < -0.4 is 0 Å². The van der Waals surface area contributed by atoms with Crippen molar-refractivity contribution in [3.8, 4) is 0 Å². The average Bonchev–Trinajstić information content (AvgIpc) is 2.48. The second-order valence-electron chi connectivity index (χ2n) is 3.55. The first kappa shape index (κ1) is 9.96. The van der Waals surface area contributed by atoms with Gasteiger partial charge in [0, 0.05) is 9.99 Å². The zero-order valence-electron chi connectivity index (χ0n) is 8.39. The van der Waals surface area contributed by atoms with Gasteiger partial charge in [-0.05, 0) is 53.6 Å². The van der Waals surface area contributed by atoms with E-state index < -0.39 is 0 Å². The molecule has 0 radical (unpaired) electrons. The standard InChI is InChI=1S/C11H13IN2/c1-3-4-10-13-9-6-8(12)5-7(2)11(9)14-10/h5-6H,3-4H2,1-2H3,(H,13,14). The zero-order valence-corrected chi connectivity index (χ0v) is 10.6. The third kappa shape index (κ3) is 1.78. The number of halogens is 1. The summed E-state index contributed by atoms with van der Waals surface area (Å²) in [4.78, 5) is 7.95. The van der Waals surface area contributed by atoms with Crippen LogP contribution in [0.2, 0.25) is 0 Å². The van der Waals surface area contributed by atoms with Crippen molar-refractivity contribution in [3.05, 3.63) is 27.1 Å². The van der Waals surface area contributed by atoms with Crippen LogP contribution in [0.5, 0.6) is 0 Å². The Labute approximate surface area is 97.3 Å². The molecule has 2 nitrogen and oxygen atoms in total. The van der Waals surface area contributed by atoms with Gasteiger partial charge in [-0.1, -0.05) is 6.92 Å². The Morgan fingerprint density at radius 3 is 2.93 bits per heavy atom. The Morgan fingerprint density at radius 1 is 1.43 bits per heavy atom. The SMILES string of the molecule is CCCc1nc2c(C)cc(I)cc2[nH]1. The molecule has 0 atom stereocenters. The number of nitrogens with zero attached hydrogens (tertiary/aromatic N) is 1. The first-order chi connectivity index (χ1) is 6.70. The first-order valence-corrected chi connectivity index (χ1v) is 5.93. The van der Waals surface area contributed by atoms with E-state index in [0.29, 0.717) is 0 Å². The summed E-state index contributed by atoms with van der Waals surface area (Å²) in [5, 5.41) is 0. The van der Waals surface area contributed by atoms with Gasteiger partial charge in [-0.25, -0.2) is 4.98 Å². The zero-order chi connectivity index (χ0) is 10.1. The fourth-order valence-electron chi connectivity index (χ4n) is 1.65. The van der Waals surface area contributed by atoms with Crippen molar-refractivity contribution in [2.45, 2.75) is 26.7 Å². The molecule has 2 aromatic rings. The molecule has 1 aromatic carbocycles. The third-order valence-electron chi connectivity index (χ3n) is 2.28. The third-order valence-corrected chi connectivity index (χ3v) is 2.90. The number of fused-ring (bicyclic) bond motifs is 1. The Morgan fingerprint density at radius 2 is 2.21 bits per heavy atom. The van der Waals surface area contributed by atoms with Crippen LogP contribution in [-0.2, 0) is 6.42 Å². The van der Waals surface area contributed by atoms with Crippen LogP contribution in [-0.4, -0.2) is 9.97 Å². The molecule has 1 N–H and O–H groups in total. The molecule has 0 bridgehead atoms. The number of H-pyrrole nitrogens is 1. The molecule has 0 fully saturated rings. The first-order valence-electron chi connectivity index (χ1n) is 4.85. The van der Waals surface area contributed by atoms with Crippen molar-refractivity contribution in [3.63, 3.8) is 0 Å². The number of rotatable bonds is 2. The van der Waals surface area contributed by atoms with Crippen molar-refractivity contribution < 1.29 is 0 Å². The molecular formula is C11H13IN2. The highest BCUT2D eigenvalue weighted by Crippen LogP contribution is 2.20. The smallest absolute Gasteiger partial charge is 0.107 e. The van der Waals surface area contributed by atoms with Gasteiger partial charge in [-0.3, -0.25) is 0 Å². The number of nitrogens with one attached hydrogen (secondary N) is 1. The molecule has 3 heteroatoms. The normalized spacial score (nSPS) is 11.1. The molecule has 1 heterocycles. The summed E-state index contributed by atoms with van der Waals surface area (Å²) in [6.07, 6.45) is 2.17. The Bertz CT molecular complexity index is 460. The molecular weight excluding hydrogens is 287 g/mol. The number of aromatic nitrogens is 2. The van der Waals surface area contributed by atoms with Gasteiger partial charge in [0.15, 0.2) is 0 Å². The number of aromatic amines is 1. The van der Waals surface area contributed by atoms with E-state index in [4.69, 9.17) is 0 Å². The summed E-state index contributed by atoms with van der Waals surface area (Å²) in [5.41, 5.74) is 3.54. The largest absolute Gasteiger partial charge is 0.342 e. The second-order valence-corrected chi connectivity index (χ2v) is 4.80. The van der Waals surface area contributed by atoms with E-state index in [-0.39, 0.29) is 0 Å². The number of aryl methyl sites for hydroxylation is 2. The van der Waals surface area contributed by atoms with E-state index in [1.165, 1.54) is 9.13 Å². The highest BCUT2D eigenvalue weighted by atomic mass is 127. The van der Waals surface area contributed by atoms with Crippen molar-refractivity contribution in [1.82, 2.24) is 9.97 Å². The highest BCUT2D eigenvalue weighted by molar-refractivity contribution is 14.1. The van der Waals surface area contributed by atoms with Gasteiger partial charge in [0.05, 0.1) is 11.0 Å². The van der Waals surface area contributed by atoms with Crippen LogP contribution >= 0.6 is 22.6 Å². The van der Waals surface area contributed by atoms with Crippen molar-refractivity contribution in [2.75, 3.05) is 0 Å². The molecule has 0 aliphatic rings. The molecule has 0 spiro atoms. The number of hydrogen-bond donors (Lipinski definition) is 1. The molecule has 0 saturated carbocycles. The molecule has 0 aliphatic carbocycles. The lowest BCUT2D eigenvalue weighted by molar-refractivity contribution is 0.861. The number of benzene rings is 1. The lowest BCUT2D eigenvalue weighted by atomic mass is 10.2. The van der Waals surface area contributed by atoms with Crippen molar-refractivity contribution in [2.24, 2.45) is 0 Å². The second kappa shape index (κ2) is 3.88. The predicted molar refractivity (Wildman–Crippen MR) is 67.5 cm³/mol. The van der Waals surface area contributed by atoms with Gasteiger partial charge in [0.1, 0.15) is 5.82 Å². The summed E-state index contributed by atoms with van der Waals surface area (Å²) in [6.45, 7) is 4.28. The summed E-state index contributed by atoms with van der Waals surface area (Å²) in [6, 6.07) is 4.31. The molecule has 0 amide bonds. The van der Waals surface area contributed by atoms with E-state index in [2.05, 4.69) is 58.5 Å².